The molecule has 0 radical (unpaired) electrons. The van der Waals surface area contributed by atoms with Gasteiger partial charge in [-0.2, -0.15) is 12.6 Å². The molecule has 1 aliphatic carbocycles. The van der Waals surface area contributed by atoms with Crippen LogP contribution in [-0.4, -0.2) is 18.5 Å². The van der Waals surface area contributed by atoms with Crippen LogP contribution in [0.15, 0.2) is 0 Å². The minimum absolute atomic E-state index is 0.226. The van der Waals surface area contributed by atoms with Gasteiger partial charge in [-0.25, -0.2) is 0 Å². The third-order valence-corrected chi connectivity index (χ3v) is 3.88. The van der Waals surface area contributed by atoms with E-state index in [0.29, 0.717) is 6.10 Å². The highest BCUT2D eigenvalue weighted by atomic mass is 32.1. The number of ether oxygens (including phenoxy) is 1. The van der Waals surface area contributed by atoms with Gasteiger partial charge in [-0.1, -0.05) is 33.6 Å². The second-order valence-corrected chi connectivity index (χ2v) is 5.84. The van der Waals surface area contributed by atoms with E-state index in [4.69, 9.17) is 4.74 Å². The topological polar surface area (TPSA) is 9.23 Å². The van der Waals surface area contributed by atoms with Gasteiger partial charge in [0.05, 0.1) is 12.7 Å². The molecule has 0 heterocycles. The maximum Gasteiger partial charge on any atom is 0.0578 e. The third-order valence-electron chi connectivity index (χ3n) is 3.03. The summed E-state index contributed by atoms with van der Waals surface area (Å²) in [5.74, 6) is 1.75. The van der Waals surface area contributed by atoms with Crippen molar-refractivity contribution < 1.29 is 4.74 Å². The van der Waals surface area contributed by atoms with Crippen molar-refractivity contribution in [1.82, 2.24) is 0 Å². The molecule has 0 saturated heterocycles. The fraction of sp³-hybridized carbons (Fsp3) is 1.00. The first kappa shape index (κ1) is 12.4. The van der Waals surface area contributed by atoms with E-state index in [0.717, 1.165) is 18.3 Å². The first-order chi connectivity index (χ1) is 6.53. The van der Waals surface area contributed by atoms with Gasteiger partial charge in [-0.15, -0.1) is 0 Å². The molecule has 0 aromatic carbocycles. The Labute approximate surface area is 94.0 Å². The maximum absolute atomic E-state index is 5.96. The minimum Gasteiger partial charge on any atom is -0.378 e. The van der Waals surface area contributed by atoms with Crippen molar-refractivity contribution in [2.24, 2.45) is 11.3 Å². The first-order valence-corrected chi connectivity index (χ1v) is 6.39. The first-order valence-electron chi connectivity index (χ1n) is 5.76. The van der Waals surface area contributed by atoms with E-state index in [9.17, 15) is 0 Å². The van der Waals surface area contributed by atoms with E-state index in [1.165, 1.54) is 25.7 Å². The molecule has 1 rings (SSSR count). The van der Waals surface area contributed by atoms with Gasteiger partial charge in [0.25, 0.3) is 0 Å². The van der Waals surface area contributed by atoms with Crippen LogP contribution >= 0.6 is 12.6 Å². The zero-order valence-electron chi connectivity index (χ0n) is 9.75. The van der Waals surface area contributed by atoms with Crippen molar-refractivity contribution in [3.8, 4) is 0 Å². The summed E-state index contributed by atoms with van der Waals surface area (Å²) < 4.78 is 5.96. The molecule has 1 fully saturated rings. The lowest BCUT2D eigenvalue weighted by atomic mass is 9.88. The van der Waals surface area contributed by atoms with Crippen LogP contribution < -0.4 is 0 Å². The Kier molecular flexibility index (Phi) is 4.78. The highest BCUT2D eigenvalue weighted by molar-refractivity contribution is 7.80. The van der Waals surface area contributed by atoms with Crippen LogP contribution in [0.3, 0.4) is 0 Å². The normalized spacial score (nSPS) is 29.1. The molecule has 0 bridgehead atoms. The number of hydrogen-bond acceptors (Lipinski definition) is 2. The summed E-state index contributed by atoms with van der Waals surface area (Å²) in [6, 6.07) is 0. The molecule has 1 aliphatic rings. The summed E-state index contributed by atoms with van der Waals surface area (Å²) >= 11 is 4.34. The Bertz CT molecular complexity index is 168. The van der Waals surface area contributed by atoms with Gasteiger partial charge < -0.3 is 4.74 Å². The van der Waals surface area contributed by atoms with E-state index in [1.807, 2.05) is 0 Å². The summed E-state index contributed by atoms with van der Waals surface area (Å²) in [4.78, 5) is 0. The van der Waals surface area contributed by atoms with Crippen LogP contribution in [0.2, 0.25) is 0 Å². The minimum atomic E-state index is 0.226. The van der Waals surface area contributed by atoms with Crippen molar-refractivity contribution in [1.29, 1.82) is 0 Å². The second-order valence-electron chi connectivity index (χ2n) is 5.53. The Morgan fingerprint density at radius 3 is 2.64 bits per heavy atom. The van der Waals surface area contributed by atoms with Crippen molar-refractivity contribution in [3.05, 3.63) is 0 Å². The molecule has 1 saturated carbocycles. The van der Waals surface area contributed by atoms with Gasteiger partial charge in [-0.05, 0) is 29.9 Å². The summed E-state index contributed by atoms with van der Waals surface area (Å²) in [5.41, 5.74) is 0.226. The quantitative estimate of drug-likeness (QED) is 0.707. The Morgan fingerprint density at radius 2 is 2.07 bits per heavy atom. The van der Waals surface area contributed by atoms with Gasteiger partial charge in [0.2, 0.25) is 0 Å². The molecule has 84 valence electrons. The summed E-state index contributed by atoms with van der Waals surface area (Å²) in [7, 11) is 0. The van der Waals surface area contributed by atoms with Crippen molar-refractivity contribution >= 4 is 12.6 Å². The average molecular weight is 216 g/mol. The molecule has 0 aliphatic heterocycles. The van der Waals surface area contributed by atoms with E-state index < -0.39 is 0 Å². The second kappa shape index (κ2) is 5.41. The lowest BCUT2D eigenvalue weighted by molar-refractivity contribution is -0.0178. The van der Waals surface area contributed by atoms with Crippen molar-refractivity contribution in [2.75, 3.05) is 12.4 Å². The van der Waals surface area contributed by atoms with Gasteiger partial charge in [0.15, 0.2) is 0 Å². The molecule has 14 heavy (non-hydrogen) atoms. The number of thiol groups is 1. The van der Waals surface area contributed by atoms with Gasteiger partial charge >= 0.3 is 0 Å². The molecule has 2 atom stereocenters. The third kappa shape index (κ3) is 4.22. The summed E-state index contributed by atoms with van der Waals surface area (Å²) in [6.07, 6.45) is 5.75. The standard InChI is InChI=1S/C12H24OS/c1-10-5-4-6-11(7-10)13-8-12(2,3)9-14/h10-11,14H,4-9H2,1-3H3. The average Bonchev–Trinajstić information content (AvgIpc) is 2.15. The summed E-state index contributed by atoms with van der Waals surface area (Å²) in [6.45, 7) is 7.62. The Hall–Kier alpha value is 0.310. The number of hydrogen-bond donors (Lipinski definition) is 1. The Morgan fingerprint density at radius 1 is 1.36 bits per heavy atom. The molecular weight excluding hydrogens is 192 g/mol. The highest BCUT2D eigenvalue weighted by Gasteiger charge is 2.23. The molecule has 2 unspecified atom stereocenters. The Balaban J connectivity index is 2.23. The maximum atomic E-state index is 5.96. The SMILES string of the molecule is CC1CCCC(OCC(C)(C)CS)C1. The van der Waals surface area contributed by atoms with Gasteiger partial charge in [0, 0.05) is 0 Å². The van der Waals surface area contributed by atoms with Gasteiger partial charge in [0.1, 0.15) is 0 Å². The van der Waals surface area contributed by atoms with Crippen LogP contribution in [0.4, 0.5) is 0 Å². The highest BCUT2D eigenvalue weighted by Crippen LogP contribution is 2.27. The lowest BCUT2D eigenvalue weighted by Gasteiger charge is -2.30. The van der Waals surface area contributed by atoms with Crippen LogP contribution in [0.25, 0.3) is 0 Å². The van der Waals surface area contributed by atoms with Crippen LogP contribution in [-0.2, 0) is 4.74 Å². The fourth-order valence-corrected chi connectivity index (χ4v) is 2.01. The predicted molar refractivity (Wildman–Crippen MR) is 65.0 cm³/mol. The zero-order chi connectivity index (χ0) is 10.6. The molecule has 0 amide bonds. The van der Waals surface area contributed by atoms with E-state index in [2.05, 4.69) is 33.4 Å². The molecule has 0 N–H and O–H groups in total. The molecule has 0 aromatic heterocycles. The van der Waals surface area contributed by atoms with Crippen molar-refractivity contribution in [3.63, 3.8) is 0 Å². The molecular formula is C12H24OS. The zero-order valence-corrected chi connectivity index (χ0v) is 10.6. The fourth-order valence-electron chi connectivity index (χ4n) is 1.92. The molecule has 0 spiro atoms. The van der Waals surface area contributed by atoms with Crippen LogP contribution in [0.1, 0.15) is 46.5 Å². The largest absolute Gasteiger partial charge is 0.378 e. The molecule has 1 nitrogen and oxygen atoms in total. The molecule has 2 heteroatoms. The van der Waals surface area contributed by atoms with Gasteiger partial charge in [-0.3, -0.25) is 0 Å². The van der Waals surface area contributed by atoms with Crippen LogP contribution in [0, 0.1) is 11.3 Å². The van der Waals surface area contributed by atoms with Crippen molar-refractivity contribution in [2.45, 2.75) is 52.6 Å². The van der Waals surface area contributed by atoms with Crippen LogP contribution in [0.5, 0.6) is 0 Å². The van der Waals surface area contributed by atoms with E-state index in [-0.39, 0.29) is 5.41 Å². The lowest BCUT2D eigenvalue weighted by Crippen LogP contribution is -2.28. The smallest absolute Gasteiger partial charge is 0.0578 e. The van der Waals surface area contributed by atoms with E-state index in [1.54, 1.807) is 0 Å². The predicted octanol–water partition coefficient (Wildman–Crippen LogP) is 3.54. The number of rotatable bonds is 4. The summed E-state index contributed by atoms with van der Waals surface area (Å²) in [5, 5.41) is 0. The molecule has 0 aromatic rings. The monoisotopic (exact) mass is 216 g/mol. The van der Waals surface area contributed by atoms with E-state index >= 15 is 0 Å².